The lowest BCUT2D eigenvalue weighted by Gasteiger charge is -2.31. The predicted molar refractivity (Wildman–Crippen MR) is 247 cm³/mol. The Morgan fingerprint density at radius 3 is 1.95 bits per heavy atom. The summed E-state index contributed by atoms with van der Waals surface area (Å²) in [4.78, 5) is 0. The molecule has 0 bridgehead atoms. The van der Waals surface area contributed by atoms with Crippen LogP contribution in [0.15, 0.2) is 175 Å². The highest BCUT2D eigenvalue weighted by atomic mass is 16.3. The highest BCUT2D eigenvalue weighted by Crippen LogP contribution is 2.57. The van der Waals surface area contributed by atoms with Gasteiger partial charge in [-0.3, -0.25) is 0 Å². The molecule has 1 aromatic heterocycles. The predicted octanol–water partition coefficient (Wildman–Crippen LogP) is 16.0. The topological polar surface area (TPSA) is 13.1 Å². The van der Waals surface area contributed by atoms with E-state index in [9.17, 15) is 0 Å². The second-order valence-corrected chi connectivity index (χ2v) is 16.5. The van der Waals surface area contributed by atoms with E-state index in [0.29, 0.717) is 0 Å². The Bertz CT molecular complexity index is 2970. The van der Waals surface area contributed by atoms with Gasteiger partial charge in [0.05, 0.1) is 0 Å². The van der Waals surface area contributed by atoms with Crippen molar-refractivity contribution in [3.8, 4) is 11.1 Å². The molecule has 0 aliphatic heterocycles. The van der Waals surface area contributed by atoms with Gasteiger partial charge in [-0.2, -0.15) is 0 Å². The Labute approximate surface area is 336 Å². The lowest BCUT2D eigenvalue weighted by molar-refractivity contribution is 0.342. The van der Waals surface area contributed by atoms with E-state index in [-0.39, 0.29) is 11.3 Å². The highest BCUT2D eigenvalue weighted by Gasteiger charge is 2.43. The molecule has 278 valence electrons. The molecule has 0 N–H and O–H groups in total. The molecule has 0 saturated carbocycles. The molecule has 0 saturated heterocycles. The maximum atomic E-state index is 6.35. The maximum Gasteiger partial charge on any atom is 0.136 e. The summed E-state index contributed by atoms with van der Waals surface area (Å²) in [5, 5.41) is 7.37. The Hall–Kier alpha value is -6.44. The molecule has 1 heteroatoms. The second kappa shape index (κ2) is 13.9. The summed E-state index contributed by atoms with van der Waals surface area (Å²) in [6.07, 6.45) is 5.20. The van der Waals surface area contributed by atoms with Crippen LogP contribution in [0.5, 0.6) is 0 Å². The van der Waals surface area contributed by atoms with Crippen molar-refractivity contribution in [1.82, 2.24) is 0 Å². The summed E-state index contributed by atoms with van der Waals surface area (Å²) < 4.78 is 6.35. The molecule has 7 aromatic carbocycles. The zero-order chi connectivity index (χ0) is 39.6. The van der Waals surface area contributed by atoms with Gasteiger partial charge < -0.3 is 4.42 Å². The summed E-state index contributed by atoms with van der Waals surface area (Å²) >= 11 is 0. The number of rotatable bonds is 8. The smallest absolute Gasteiger partial charge is 0.136 e. The third kappa shape index (κ3) is 5.92. The summed E-state index contributed by atoms with van der Waals surface area (Å²) in [6.45, 7) is 25.1. The fourth-order valence-corrected chi connectivity index (χ4v) is 9.70. The number of hydrogen-bond donors (Lipinski definition) is 0. The molecule has 1 aliphatic carbocycles. The summed E-state index contributed by atoms with van der Waals surface area (Å²) in [7, 11) is 0. The van der Waals surface area contributed by atoms with E-state index in [0.717, 1.165) is 39.5 Å². The summed E-state index contributed by atoms with van der Waals surface area (Å²) in [5.74, 6) is 0.168. The van der Waals surface area contributed by atoms with Crippen LogP contribution in [0.3, 0.4) is 0 Å². The molecule has 9 rings (SSSR count). The normalized spacial score (nSPS) is 15.7. The lowest BCUT2D eigenvalue weighted by Crippen LogP contribution is -2.21. The van der Waals surface area contributed by atoms with Crippen molar-refractivity contribution >= 4 is 66.3 Å². The first-order valence-electron chi connectivity index (χ1n) is 20.0. The van der Waals surface area contributed by atoms with Crippen LogP contribution in [0.25, 0.3) is 77.4 Å². The Balaban J connectivity index is 1.03. The van der Waals surface area contributed by atoms with Gasteiger partial charge in [0.15, 0.2) is 0 Å². The van der Waals surface area contributed by atoms with Crippen LogP contribution in [0.4, 0.5) is 0 Å². The van der Waals surface area contributed by atoms with Crippen molar-refractivity contribution < 1.29 is 4.42 Å². The minimum absolute atomic E-state index is 0.168. The van der Waals surface area contributed by atoms with Gasteiger partial charge >= 0.3 is 0 Å². The van der Waals surface area contributed by atoms with Gasteiger partial charge in [-0.1, -0.05) is 161 Å². The lowest BCUT2D eigenvalue weighted by atomic mass is 9.73. The van der Waals surface area contributed by atoms with Gasteiger partial charge in [0.25, 0.3) is 0 Å². The van der Waals surface area contributed by atoms with E-state index >= 15 is 0 Å². The zero-order valence-corrected chi connectivity index (χ0v) is 33.7. The molecule has 1 aliphatic rings. The molecule has 0 spiro atoms. The van der Waals surface area contributed by atoms with Crippen molar-refractivity contribution in [2.75, 3.05) is 0 Å². The van der Waals surface area contributed by atoms with E-state index in [1.807, 2.05) is 18.2 Å². The molecule has 8 aromatic rings. The first-order chi connectivity index (χ1) is 27.6. The van der Waals surface area contributed by atoms with Gasteiger partial charge in [-0.25, -0.2) is 0 Å². The molecule has 1 nitrogen and oxygen atoms in total. The van der Waals surface area contributed by atoms with Crippen LogP contribution >= 0.6 is 0 Å². The first kappa shape index (κ1) is 36.2. The molecular formula is C56H48O. The van der Waals surface area contributed by atoms with Gasteiger partial charge in [0, 0.05) is 10.8 Å². The number of allylic oxidation sites excluding steroid dienone is 6. The van der Waals surface area contributed by atoms with Crippen molar-refractivity contribution in [2.24, 2.45) is 11.3 Å². The van der Waals surface area contributed by atoms with Crippen LogP contribution in [0.2, 0.25) is 0 Å². The zero-order valence-electron chi connectivity index (χ0n) is 33.7. The Morgan fingerprint density at radius 1 is 0.684 bits per heavy atom. The molecule has 1 heterocycles. The van der Waals surface area contributed by atoms with Crippen LogP contribution in [0, 0.1) is 25.2 Å². The van der Waals surface area contributed by atoms with E-state index in [1.165, 1.54) is 82.8 Å². The summed E-state index contributed by atoms with van der Waals surface area (Å²) in [6, 6.07) is 48.0. The van der Waals surface area contributed by atoms with E-state index in [1.54, 1.807) is 0 Å². The third-order valence-electron chi connectivity index (χ3n) is 12.7. The average molecular weight is 737 g/mol. The quantitative estimate of drug-likeness (QED) is 0.112. The Kier molecular flexibility index (Phi) is 8.86. The maximum absolute atomic E-state index is 6.35. The highest BCUT2D eigenvalue weighted by molar-refractivity contribution is 6.19. The van der Waals surface area contributed by atoms with Gasteiger partial charge in [0.1, 0.15) is 11.2 Å². The SMILES string of the molecule is C=CC1=C(c2cc3oc4ccccc4c3cc2C)C(=C)C(CC(=C)c2ccc(/C=C(\C)c3c4ccccc4c(-c4ccccc4)c4ccccc34)c(C)c2)C1(C)C. The monoisotopic (exact) mass is 736 g/mol. The molecule has 1 atom stereocenters. The Morgan fingerprint density at radius 2 is 1.30 bits per heavy atom. The molecule has 1 unspecified atom stereocenters. The average Bonchev–Trinajstić information content (AvgIpc) is 3.66. The molecule has 0 radical (unpaired) electrons. The standard InChI is InChI=1S/C56H48O/c1-9-49-54(47-33-52-48(31-36(47)4)42-21-17-18-26-51(42)57-52)38(6)50(56(49,7)8)32-35(3)40-27-28-41(34(2)29-40)30-37(5)53-43-22-13-15-24-45(43)55(39-19-11-10-12-20-39)46-25-16-14-23-44(46)53/h9-31,33,50H,1,3,6,32H2,2,4-5,7-8H3/b37-30+. The number of fused-ring (bicyclic) bond motifs is 5. The molecule has 0 fully saturated rings. The first-order valence-corrected chi connectivity index (χ1v) is 20.0. The number of hydrogen-bond acceptors (Lipinski definition) is 1. The fraction of sp³-hybridized carbons (Fsp3) is 0.143. The van der Waals surface area contributed by atoms with Crippen molar-refractivity contribution in [3.05, 3.63) is 204 Å². The van der Waals surface area contributed by atoms with Crippen molar-refractivity contribution in [1.29, 1.82) is 0 Å². The number of aryl methyl sites for hydroxylation is 2. The van der Waals surface area contributed by atoms with Gasteiger partial charge in [0.2, 0.25) is 0 Å². The van der Waals surface area contributed by atoms with Crippen LogP contribution in [0.1, 0.15) is 60.6 Å². The fourth-order valence-electron chi connectivity index (χ4n) is 9.70. The van der Waals surface area contributed by atoms with Crippen LogP contribution in [-0.4, -0.2) is 0 Å². The van der Waals surface area contributed by atoms with Crippen molar-refractivity contribution in [3.63, 3.8) is 0 Å². The molecule has 0 amide bonds. The van der Waals surface area contributed by atoms with Crippen LogP contribution < -0.4 is 0 Å². The number of benzene rings is 7. The minimum Gasteiger partial charge on any atom is -0.456 e. The number of furan rings is 1. The summed E-state index contributed by atoms with van der Waals surface area (Å²) in [5.41, 5.74) is 17.3. The van der Waals surface area contributed by atoms with E-state index in [2.05, 4.69) is 175 Å². The van der Waals surface area contributed by atoms with Crippen LogP contribution in [-0.2, 0) is 0 Å². The second-order valence-electron chi connectivity index (χ2n) is 16.5. The van der Waals surface area contributed by atoms with E-state index in [4.69, 9.17) is 11.0 Å². The van der Waals surface area contributed by atoms with E-state index < -0.39 is 0 Å². The molecular weight excluding hydrogens is 689 g/mol. The molecule has 57 heavy (non-hydrogen) atoms. The minimum atomic E-state index is -0.178. The number of para-hydroxylation sites is 1. The van der Waals surface area contributed by atoms with Crippen molar-refractivity contribution in [2.45, 2.75) is 41.0 Å². The third-order valence-corrected chi connectivity index (χ3v) is 12.7. The van der Waals surface area contributed by atoms with Gasteiger partial charge in [-0.15, -0.1) is 0 Å². The largest absolute Gasteiger partial charge is 0.456 e. The van der Waals surface area contributed by atoms with Gasteiger partial charge in [-0.05, 0) is 151 Å².